The van der Waals surface area contributed by atoms with Gasteiger partial charge < -0.3 is 20.3 Å². The number of nitrogens with one attached hydrogen (secondary N) is 2. The largest absolute Gasteiger partial charge is 0.463 e. The Morgan fingerprint density at radius 1 is 1.31 bits per heavy atom. The van der Waals surface area contributed by atoms with E-state index in [1.54, 1.807) is 6.92 Å². The summed E-state index contributed by atoms with van der Waals surface area (Å²) in [6, 6.07) is 7.38. The van der Waals surface area contributed by atoms with Crippen LogP contribution in [0.4, 0.5) is 5.69 Å². The SMILES string of the molecule is CCOC(=O)C1=C(C)N(C2CC2)C(=S)NC1c1ccc(NC(C)=O)cc1. The molecule has 0 saturated heterocycles. The standard InChI is InChI=1S/C19H23N3O3S/c1-4-25-18(24)16-11(2)22(15-9-10-15)19(26)21-17(16)13-5-7-14(8-6-13)20-12(3)23/h5-8,15,17H,4,9-10H2,1-3H3,(H,20,23)(H,21,26). The van der Waals surface area contributed by atoms with Crippen molar-refractivity contribution in [1.29, 1.82) is 0 Å². The molecule has 6 nitrogen and oxygen atoms in total. The van der Waals surface area contributed by atoms with E-state index in [1.807, 2.05) is 36.1 Å². The van der Waals surface area contributed by atoms with Crippen LogP contribution in [0.15, 0.2) is 35.5 Å². The van der Waals surface area contributed by atoms with Crippen molar-refractivity contribution >= 4 is 34.9 Å². The van der Waals surface area contributed by atoms with Gasteiger partial charge in [-0.25, -0.2) is 4.79 Å². The summed E-state index contributed by atoms with van der Waals surface area (Å²) in [5.41, 5.74) is 3.03. The highest BCUT2D eigenvalue weighted by Gasteiger charge is 2.40. The number of hydrogen-bond acceptors (Lipinski definition) is 4. The van der Waals surface area contributed by atoms with E-state index in [0.717, 1.165) is 24.1 Å². The molecule has 1 heterocycles. The van der Waals surface area contributed by atoms with Crippen LogP contribution in [0, 0.1) is 0 Å². The van der Waals surface area contributed by atoms with E-state index < -0.39 is 0 Å². The lowest BCUT2D eigenvalue weighted by atomic mass is 9.94. The first-order chi connectivity index (χ1) is 12.4. The minimum Gasteiger partial charge on any atom is -0.463 e. The van der Waals surface area contributed by atoms with Crippen LogP contribution in [0.25, 0.3) is 0 Å². The summed E-state index contributed by atoms with van der Waals surface area (Å²) in [4.78, 5) is 25.9. The number of anilines is 1. The second kappa shape index (κ2) is 7.45. The molecule has 0 aromatic heterocycles. The molecule has 1 aromatic carbocycles. The van der Waals surface area contributed by atoms with Gasteiger partial charge in [-0.3, -0.25) is 4.79 Å². The molecule has 2 aliphatic rings. The van der Waals surface area contributed by atoms with Gasteiger partial charge in [0.1, 0.15) is 0 Å². The molecule has 1 unspecified atom stereocenters. The monoisotopic (exact) mass is 373 g/mol. The van der Waals surface area contributed by atoms with Crippen molar-refractivity contribution in [2.24, 2.45) is 0 Å². The zero-order valence-corrected chi connectivity index (χ0v) is 16.0. The van der Waals surface area contributed by atoms with Crippen LogP contribution in [-0.2, 0) is 14.3 Å². The summed E-state index contributed by atoms with van der Waals surface area (Å²) in [5.74, 6) is -0.459. The van der Waals surface area contributed by atoms with Crippen LogP contribution in [0.1, 0.15) is 45.2 Å². The summed E-state index contributed by atoms with van der Waals surface area (Å²) in [7, 11) is 0. The van der Waals surface area contributed by atoms with Crippen LogP contribution in [0.2, 0.25) is 0 Å². The molecule has 3 rings (SSSR count). The maximum absolute atomic E-state index is 12.7. The maximum atomic E-state index is 12.7. The zero-order chi connectivity index (χ0) is 18.8. The van der Waals surface area contributed by atoms with E-state index in [0.29, 0.717) is 29.0 Å². The Kier molecular flexibility index (Phi) is 5.27. The summed E-state index contributed by atoms with van der Waals surface area (Å²) in [6.45, 7) is 5.51. The third kappa shape index (κ3) is 3.72. The molecular weight excluding hydrogens is 350 g/mol. The van der Waals surface area contributed by atoms with Gasteiger partial charge in [0.15, 0.2) is 5.11 Å². The first-order valence-electron chi connectivity index (χ1n) is 8.77. The molecule has 26 heavy (non-hydrogen) atoms. The van der Waals surface area contributed by atoms with Crippen molar-refractivity contribution < 1.29 is 14.3 Å². The number of amides is 1. The molecular formula is C19H23N3O3S. The molecule has 1 aliphatic heterocycles. The number of nitrogens with zero attached hydrogens (tertiary/aromatic N) is 1. The van der Waals surface area contributed by atoms with Gasteiger partial charge >= 0.3 is 5.97 Å². The highest BCUT2D eigenvalue weighted by atomic mass is 32.1. The fraction of sp³-hybridized carbons (Fsp3) is 0.421. The van der Waals surface area contributed by atoms with Crippen LogP contribution in [0.5, 0.6) is 0 Å². The fourth-order valence-electron chi connectivity index (χ4n) is 3.22. The van der Waals surface area contributed by atoms with Gasteiger partial charge in [-0.05, 0) is 56.6 Å². The van der Waals surface area contributed by atoms with Crippen LogP contribution >= 0.6 is 12.2 Å². The number of rotatable bonds is 5. The Bertz CT molecular complexity index is 769. The number of carbonyl (C=O) groups is 2. The number of hydrogen-bond donors (Lipinski definition) is 2. The van der Waals surface area contributed by atoms with Gasteiger partial charge in [0.25, 0.3) is 0 Å². The number of ether oxygens (including phenoxy) is 1. The van der Waals surface area contributed by atoms with Gasteiger partial charge in [-0.2, -0.15) is 0 Å². The van der Waals surface area contributed by atoms with E-state index in [9.17, 15) is 9.59 Å². The predicted octanol–water partition coefficient (Wildman–Crippen LogP) is 2.88. The van der Waals surface area contributed by atoms with E-state index in [4.69, 9.17) is 17.0 Å². The second-order valence-corrected chi connectivity index (χ2v) is 6.89. The third-order valence-corrected chi connectivity index (χ3v) is 4.81. The van der Waals surface area contributed by atoms with E-state index in [2.05, 4.69) is 10.6 Å². The van der Waals surface area contributed by atoms with Crippen molar-refractivity contribution in [3.63, 3.8) is 0 Å². The zero-order valence-electron chi connectivity index (χ0n) is 15.2. The van der Waals surface area contributed by atoms with Gasteiger partial charge in [-0.1, -0.05) is 12.1 Å². The first-order valence-corrected chi connectivity index (χ1v) is 9.18. The Balaban J connectivity index is 1.96. The number of allylic oxidation sites excluding steroid dienone is 1. The summed E-state index contributed by atoms with van der Waals surface area (Å²) < 4.78 is 5.30. The van der Waals surface area contributed by atoms with E-state index in [-0.39, 0.29) is 17.9 Å². The highest BCUT2D eigenvalue weighted by Crippen LogP contribution is 2.38. The van der Waals surface area contributed by atoms with Crippen molar-refractivity contribution in [3.05, 3.63) is 41.1 Å². The molecule has 0 spiro atoms. The number of esters is 1. The van der Waals surface area contributed by atoms with Crippen LogP contribution in [-0.4, -0.2) is 34.5 Å². The van der Waals surface area contributed by atoms with Gasteiger partial charge in [0, 0.05) is 24.4 Å². The van der Waals surface area contributed by atoms with Gasteiger partial charge in [0.05, 0.1) is 18.2 Å². The first kappa shape index (κ1) is 18.4. The lowest BCUT2D eigenvalue weighted by Gasteiger charge is -2.37. The fourth-order valence-corrected chi connectivity index (χ4v) is 3.62. The quantitative estimate of drug-likeness (QED) is 0.611. The molecule has 1 aliphatic carbocycles. The third-order valence-electron chi connectivity index (χ3n) is 4.50. The molecule has 1 amide bonds. The molecule has 138 valence electrons. The average molecular weight is 373 g/mol. The molecule has 1 fully saturated rings. The second-order valence-electron chi connectivity index (χ2n) is 6.51. The van der Waals surface area contributed by atoms with Crippen LogP contribution < -0.4 is 10.6 Å². The van der Waals surface area contributed by atoms with E-state index in [1.165, 1.54) is 6.92 Å². The smallest absolute Gasteiger partial charge is 0.338 e. The van der Waals surface area contributed by atoms with Crippen molar-refractivity contribution in [3.8, 4) is 0 Å². The van der Waals surface area contributed by atoms with Gasteiger partial charge in [0.2, 0.25) is 5.91 Å². The Morgan fingerprint density at radius 3 is 2.50 bits per heavy atom. The number of thiocarbonyl (C=S) groups is 1. The van der Waals surface area contributed by atoms with Gasteiger partial charge in [-0.15, -0.1) is 0 Å². The van der Waals surface area contributed by atoms with Crippen molar-refractivity contribution in [2.45, 2.75) is 45.7 Å². The minimum atomic E-state index is -0.372. The molecule has 0 bridgehead atoms. The Hall–Kier alpha value is -2.41. The van der Waals surface area contributed by atoms with Crippen molar-refractivity contribution in [1.82, 2.24) is 10.2 Å². The summed E-state index contributed by atoms with van der Waals surface area (Å²) >= 11 is 5.56. The molecule has 1 aromatic rings. The minimum absolute atomic E-state index is 0.127. The van der Waals surface area contributed by atoms with E-state index >= 15 is 0 Å². The Labute approximate surface area is 158 Å². The number of carbonyl (C=O) groups excluding carboxylic acids is 2. The maximum Gasteiger partial charge on any atom is 0.338 e. The van der Waals surface area contributed by atoms with Crippen molar-refractivity contribution in [2.75, 3.05) is 11.9 Å². The normalized spacial score (nSPS) is 19.9. The molecule has 1 atom stereocenters. The molecule has 0 radical (unpaired) electrons. The highest BCUT2D eigenvalue weighted by molar-refractivity contribution is 7.80. The topological polar surface area (TPSA) is 70.7 Å². The van der Waals surface area contributed by atoms with Crippen LogP contribution in [0.3, 0.4) is 0 Å². The Morgan fingerprint density at radius 2 is 1.96 bits per heavy atom. The molecule has 7 heteroatoms. The molecule has 1 saturated carbocycles. The average Bonchev–Trinajstić information content (AvgIpc) is 3.39. The summed E-state index contributed by atoms with van der Waals surface area (Å²) in [6.07, 6.45) is 2.15. The molecule has 2 N–H and O–H groups in total. The number of benzene rings is 1. The predicted molar refractivity (Wildman–Crippen MR) is 103 cm³/mol. The lowest BCUT2D eigenvalue weighted by molar-refractivity contribution is -0.139. The lowest BCUT2D eigenvalue weighted by Crippen LogP contribution is -2.48. The summed E-state index contributed by atoms with van der Waals surface area (Å²) in [5, 5.41) is 6.67.